The fraction of sp³-hybridized carbons (Fsp3) is 0.944. The Morgan fingerprint density at radius 2 is 2.09 bits per heavy atom. The highest BCUT2D eigenvalue weighted by Crippen LogP contribution is 2.30. The van der Waals surface area contributed by atoms with Crippen LogP contribution < -0.4 is 10.6 Å². The Hall–Kier alpha value is -0.810. The number of amides is 1. The second kappa shape index (κ2) is 7.84. The molecule has 2 atom stereocenters. The molecule has 0 aromatic heterocycles. The molecule has 0 saturated carbocycles. The molecule has 5 heteroatoms. The lowest BCUT2D eigenvalue weighted by Crippen LogP contribution is -2.51. The molecule has 0 spiro atoms. The first-order chi connectivity index (χ1) is 10.8. The maximum absolute atomic E-state index is 12.3. The van der Waals surface area contributed by atoms with Crippen LogP contribution in [0.1, 0.15) is 59.8 Å². The third-order valence-electron chi connectivity index (χ3n) is 4.83. The molecule has 2 N–H and O–H groups in total. The van der Waals surface area contributed by atoms with Gasteiger partial charge in [0.05, 0.1) is 0 Å². The molecular formula is C18H35N3O2. The van der Waals surface area contributed by atoms with Crippen molar-refractivity contribution in [1.29, 1.82) is 0 Å². The summed E-state index contributed by atoms with van der Waals surface area (Å²) >= 11 is 0. The van der Waals surface area contributed by atoms with E-state index in [0.29, 0.717) is 6.04 Å². The summed E-state index contributed by atoms with van der Waals surface area (Å²) in [5.41, 5.74) is -0.272. The molecule has 23 heavy (non-hydrogen) atoms. The molecule has 0 radical (unpaired) electrons. The van der Waals surface area contributed by atoms with E-state index in [9.17, 15) is 4.79 Å². The number of carbonyl (C=O) groups is 1. The molecule has 2 aliphatic heterocycles. The van der Waals surface area contributed by atoms with Crippen molar-refractivity contribution in [1.82, 2.24) is 15.5 Å². The highest BCUT2D eigenvalue weighted by Gasteiger charge is 2.35. The molecule has 134 valence electrons. The minimum Gasteiger partial charge on any atom is -0.444 e. The lowest BCUT2D eigenvalue weighted by atomic mass is 9.81. The van der Waals surface area contributed by atoms with E-state index in [1.807, 2.05) is 25.7 Å². The van der Waals surface area contributed by atoms with Gasteiger partial charge in [-0.1, -0.05) is 6.92 Å². The van der Waals surface area contributed by atoms with Gasteiger partial charge in [-0.15, -0.1) is 0 Å². The van der Waals surface area contributed by atoms with Crippen LogP contribution in [0.5, 0.6) is 0 Å². The third kappa shape index (κ3) is 6.30. The summed E-state index contributed by atoms with van der Waals surface area (Å²) in [7, 11) is 0. The summed E-state index contributed by atoms with van der Waals surface area (Å²) in [5, 5.41) is 7.22. The van der Waals surface area contributed by atoms with E-state index in [0.717, 1.165) is 39.1 Å². The molecule has 2 saturated heterocycles. The molecule has 2 aliphatic rings. The maximum atomic E-state index is 12.3. The highest BCUT2D eigenvalue weighted by molar-refractivity contribution is 5.68. The van der Waals surface area contributed by atoms with Gasteiger partial charge in [0.15, 0.2) is 0 Å². The van der Waals surface area contributed by atoms with Gasteiger partial charge in [-0.2, -0.15) is 0 Å². The van der Waals surface area contributed by atoms with E-state index in [4.69, 9.17) is 4.74 Å². The van der Waals surface area contributed by atoms with Crippen LogP contribution in [0.4, 0.5) is 4.79 Å². The van der Waals surface area contributed by atoms with Crippen molar-refractivity contribution >= 4 is 6.09 Å². The van der Waals surface area contributed by atoms with Gasteiger partial charge in [-0.3, -0.25) is 0 Å². The molecule has 0 bridgehead atoms. The quantitative estimate of drug-likeness (QED) is 0.838. The zero-order chi connectivity index (χ0) is 16.9. The van der Waals surface area contributed by atoms with E-state index in [-0.39, 0.29) is 11.5 Å². The van der Waals surface area contributed by atoms with Crippen LogP contribution in [-0.2, 0) is 4.74 Å². The molecular weight excluding hydrogens is 290 g/mol. The standard InChI is InChI=1S/C18H35N3O2/c1-17(2,3)23-16(22)21-12-6-9-18(4,14-21)13-20-15-7-5-10-19-11-8-15/h15,19-20H,5-14H2,1-4H3. The van der Waals surface area contributed by atoms with Gasteiger partial charge in [-0.25, -0.2) is 4.79 Å². The van der Waals surface area contributed by atoms with E-state index in [1.54, 1.807) is 0 Å². The van der Waals surface area contributed by atoms with E-state index >= 15 is 0 Å². The van der Waals surface area contributed by atoms with Crippen molar-refractivity contribution in [2.45, 2.75) is 71.4 Å². The number of hydrogen-bond donors (Lipinski definition) is 2. The summed E-state index contributed by atoms with van der Waals surface area (Å²) < 4.78 is 5.54. The van der Waals surface area contributed by atoms with Crippen molar-refractivity contribution in [3.05, 3.63) is 0 Å². The van der Waals surface area contributed by atoms with E-state index < -0.39 is 5.60 Å². The Bertz CT molecular complexity index is 386. The van der Waals surface area contributed by atoms with E-state index in [1.165, 1.54) is 25.7 Å². The van der Waals surface area contributed by atoms with Crippen LogP contribution in [0.3, 0.4) is 0 Å². The summed E-state index contributed by atoms with van der Waals surface area (Å²) in [4.78, 5) is 14.2. The SMILES string of the molecule is CC1(CNC2CCCNCC2)CCCN(C(=O)OC(C)(C)C)C1. The van der Waals surface area contributed by atoms with Crippen molar-refractivity contribution in [3.8, 4) is 0 Å². The van der Waals surface area contributed by atoms with Gasteiger partial charge in [0.25, 0.3) is 0 Å². The smallest absolute Gasteiger partial charge is 0.410 e. The predicted octanol–water partition coefficient (Wildman–Crippen LogP) is 2.76. The molecule has 2 heterocycles. The Morgan fingerprint density at radius 3 is 2.83 bits per heavy atom. The summed E-state index contributed by atoms with van der Waals surface area (Å²) in [6, 6.07) is 0.610. The zero-order valence-electron chi connectivity index (χ0n) is 15.4. The number of ether oxygens (including phenoxy) is 1. The fourth-order valence-corrected chi connectivity index (χ4v) is 3.56. The first-order valence-electron chi connectivity index (χ1n) is 9.19. The molecule has 0 aliphatic carbocycles. The summed E-state index contributed by atoms with van der Waals surface area (Å²) in [6.45, 7) is 12.9. The number of nitrogens with one attached hydrogen (secondary N) is 2. The average molecular weight is 325 g/mol. The number of carbonyl (C=O) groups excluding carboxylic acids is 1. The maximum Gasteiger partial charge on any atom is 0.410 e. The van der Waals surface area contributed by atoms with Crippen molar-refractivity contribution in [3.63, 3.8) is 0 Å². The molecule has 0 aromatic carbocycles. The van der Waals surface area contributed by atoms with Gasteiger partial charge in [0.2, 0.25) is 0 Å². The summed E-state index contributed by atoms with van der Waals surface area (Å²) in [6.07, 6.45) is 5.76. The van der Waals surface area contributed by atoms with E-state index in [2.05, 4.69) is 17.6 Å². The van der Waals surface area contributed by atoms with Crippen molar-refractivity contribution < 1.29 is 9.53 Å². The van der Waals surface area contributed by atoms with Crippen LogP contribution in [0, 0.1) is 5.41 Å². The second-order valence-electron chi connectivity index (χ2n) is 8.57. The van der Waals surface area contributed by atoms with Crippen LogP contribution in [0.25, 0.3) is 0 Å². The van der Waals surface area contributed by atoms with Crippen LogP contribution in [0.2, 0.25) is 0 Å². The Morgan fingerprint density at radius 1 is 1.30 bits per heavy atom. The van der Waals surface area contributed by atoms with Gasteiger partial charge in [0, 0.05) is 25.7 Å². The Kier molecular flexibility index (Phi) is 6.32. The number of hydrogen-bond acceptors (Lipinski definition) is 4. The molecule has 2 fully saturated rings. The van der Waals surface area contributed by atoms with Gasteiger partial charge < -0.3 is 20.3 Å². The fourth-order valence-electron chi connectivity index (χ4n) is 3.56. The largest absolute Gasteiger partial charge is 0.444 e. The van der Waals surface area contributed by atoms with Crippen LogP contribution in [0.15, 0.2) is 0 Å². The molecule has 2 unspecified atom stereocenters. The molecule has 2 rings (SSSR count). The summed E-state index contributed by atoms with van der Waals surface area (Å²) in [5.74, 6) is 0. The first kappa shape index (κ1) is 18.5. The monoisotopic (exact) mass is 325 g/mol. The van der Waals surface area contributed by atoms with Gasteiger partial charge in [0.1, 0.15) is 5.60 Å². The van der Waals surface area contributed by atoms with Crippen LogP contribution >= 0.6 is 0 Å². The van der Waals surface area contributed by atoms with Gasteiger partial charge in [-0.05, 0) is 71.4 Å². The third-order valence-corrected chi connectivity index (χ3v) is 4.83. The average Bonchev–Trinajstić information content (AvgIpc) is 2.72. The number of likely N-dealkylation sites (tertiary alicyclic amines) is 1. The lowest BCUT2D eigenvalue weighted by Gasteiger charge is -2.41. The predicted molar refractivity (Wildman–Crippen MR) is 93.7 cm³/mol. The zero-order valence-corrected chi connectivity index (χ0v) is 15.4. The highest BCUT2D eigenvalue weighted by atomic mass is 16.6. The van der Waals surface area contributed by atoms with Crippen LogP contribution in [-0.4, -0.2) is 55.4 Å². The minimum absolute atomic E-state index is 0.148. The molecule has 5 nitrogen and oxygen atoms in total. The van der Waals surface area contributed by atoms with Crippen molar-refractivity contribution in [2.75, 3.05) is 32.7 Å². The molecule has 1 amide bonds. The number of nitrogens with zero attached hydrogens (tertiary/aromatic N) is 1. The molecule has 0 aromatic rings. The second-order valence-corrected chi connectivity index (χ2v) is 8.57. The Balaban J connectivity index is 1.84. The first-order valence-corrected chi connectivity index (χ1v) is 9.19. The minimum atomic E-state index is -0.420. The Labute approximate surface area is 141 Å². The number of piperidine rings is 1. The normalized spacial score (nSPS) is 29.9. The number of rotatable bonds is 3. The van der Waals surface area contributed by atoms with Gasteiger partial charge >= 0.3 is 6.09 Å². The van der Waals surface area contributed by atoms with Crippen molar-refractivity contribution in [2.24, 2.45) is 5.41 Å². The topological polar surface area (TPSA) is 53.6 Å². The lowest BCUT2D eigenvalue weighted by molar-refractivity contribution is 0.00643.